The number of nitrogens with one attached hydrogen (secondary N) is 2. The molecule has 0 unspecified atom stereocenters. The molecule has 1 heterocycles. The molecule has 0 aromatic carbocycles. The smallest absolute Gasteiger partial charge is 0.380 e. The molecule has 1 aliphatic rings. The van der Waals surface area contributed by atoms with Crippen molar-refractivity contribution in [2.45, 2.75) is 0 Å². The zero-order valence-corrected chi connectivity index (χ0v) is 6.95. The Morgan fingerprint density at radius 3 is 2.53 bits per heavy atom. The van der Waals surface area contributed by atoms with E-state index in [1.165, 1.54) is 0 Å². The monoisotopic (exact) mass is 216 g/mol. The molecule has 80 valence electrons. The molecule has 1 rings (SSSR count). The molecule has 15 heavy (non-hydrogen) atoms. The van der Waals surface area contributed by atoms with Crippen LogP contribution in [0, 0.1) is 25.6 Å². The molecule has 0 spiro atoms. The van der Waals surface area contributed by atoms with E-state index >= 15 is 0 Å². The van der Waals surface area contributed by atoms with Crippen LogP contribution in [-0.2, 0) is 0 Å². The third-order valence-corrected chi connectivity index (χ3v) is 1.23. The molecule has 0 saturated carbocycles. The fourth-order valence-corrected chi connectivity index (χ4v) is 0.681. The van der Waals surface area contributed by atoms with E-state index in [1.54, 1.807) is 5.53 Å². The van der Waals surface area contributed by atoms with Crippen LogP contribution in [0.15, 0.2) is 10.2 Å². The first-order valence-electron chi connectivity index (χ1n) is 3.29. The highest BCUT2D eigenvalue weighted by molar-refractivity contribution is 6.65. The van der Waals surface area contributed by atoms with Gasteiger partial charge in [0.05, 0.1) is 15.2 Å². The minimum Gasteiger partial charge on any atom is -0.380 e. The number of hydrogen-bond acceptors (Lipinski definition) is 8. The lowest BCUT2D eigenvalue weighted by Crippen LogP contribution is -2.47. The zero-order valence-electron chi connectivity index (χ0n) is 6.95. The summed E-state index contributed by atoms with van der Waals surface area (Å²) in [6.07, 6.45) is 0. The Bertz CT molecular complexity index is 397. The summed E-state index contributed by atoms with van der Waals surface area (Å²) in [7, 11) is 0. The Kier molecular flexibility index (Phi) is 2.42. The Hall–Kier alpha value is -2.79. The molecule has 0 radical (unpaired) electrons. The fraction of sp³-hybridized carbons (Fsp3) is 0. The van der Waals surface area contributed by atoms with Gasteiger partial charge in [0, 0.05) is 0 Å². The normalized spacial score (nSPS) is 14.8. The summed E-state index contributed by atoms with van der Waals surface area (Å²) in [5, 5.41) is 32.6. The third kappa shape index (κ3) is 1.93. The molecular formula is C3H4N8O4. The van der Waals surface area contributed by atoms with E-state index in [9.17, 15) is 20.2 Å². The molecular weight excluding hydrogens is 212 g/mol. The minimum atomic E-state index is -1.02. The van der Waals surface area contributed by atoms with Gasteiger partial charge >= 0.3 is 11.5 Å². The van der Waals surface area contributed by atoms with Gasteiger partial charge in [-0.25, -0.2) is 0 Å². The van der Waals surface area contributed by atoms with Crippen LogP contribution in [0.5, 0.6) is 0 Å². The first-order chi connectivity index (χ1) is 6.93. The van der Waals surface area contributed by atoms with E-state index in [4.69, 9.17) is 11.1 Å². The van der Waals surface area contributed by atoms with E-state index in [0.29, 0.717) is 0 Å². The molecule has 0 aromatic heterocycles. The van der Waals surface area contributed by atoms with Gasteiger partial charge in [-0.1, -0.05) is 0 Å². The molecule has 12 heteroatoms. The summed E-state index contributed by atoms with van der Waals surface area (Å²) in [5.74, 6) is -1.65. The molecule has 12 nitrogen and oxygen atoms in total. The summed E-state index contributed by atoms with van der Waals surface area (Å²) >= 11 is 0. The van der Waals surface area contributed by atoms with Crippen molar-refractivity contribution < 1.29 is 9.96 Å². The average molecular weight is 216 g/mol. The predicted octanol–water partition coefficient (Wildman–Crippen LogP) is -2.12. The molecule has 0 atom stereocenters. The van der Waals surface area contributed by atoms with Crippen molar-refractivity contribution in [1.82, 2.24) is 10.8 Å². The lowest BCUT2D eigenvalue weighted by Gasteiger charge is -2.07. The maximum absolute atomic E-state index is 10.4. The molecule has 0 amide bonds. The fourth-order valence-electron chi connectivity index (χ4n) is 0.681. The Morgan fingerprint density at radius 2 is 2.13 bits per heavy atom. The second kappa shape index (κ2) is 3.52. The molecule has 0 aromatic rings. The molecule has 0 bridgehead atoms. The quantitative estimate of drug-likeness (QED) is 0.204. The van der Waals surface area contributed by atoms with Gasteiger partial charge in [-0.3, -0.25) is 5.41 Å². The van der Waals surface area contributed by atoms with Crippen LogP contribution in [-0.4, -0.2) is 32.6 Å². The second-order valence-corrected chi connectivity index (χ2v) is 2.18. The highest BCUT2D eigenvalue weighted by Gasteiger charge is 2.38. The molecule has 4 N–H and O–H groups in total. The largest absolute Gasteiger partial charge is 0.447 e. The van der Waals surface area contributed by atoms with E-state index in [0.717, 1.165) is 0 Å². The highest BCUT2D eigenvalue weighted by Crippen LogP contribution is 1.97. The van der Waals surface area contributed by atoms with Crippen LogP contribution in [0.25, 0.3) is 0 Å². The zero-order chi connectivity index (χ0) is 11.6. The number of amidine groups is 2. The summed E-state index contributed by atoms with van der Waals surface area (Å²) in [6, 6.07) is 0. The second-order valence-electron chi connectivity index (χ2n) is 2.18. The van der Waals surface area contributed by atoms with Crippen molar-refractivity contribution in [2.75, 3.05) is 0 Å². The van der Waals surface area contributed by atoms with Gasteiger partial charge in [0.1, 0.15) is 5.23 Å². The van der Waals surface area contributed by atoms with Gasteiger partial charge in [0.25, 0.3) is 0 Å². The first-order valence-corrected chi connectivity index (χ1v) is 3.29. The highest BCUT2D eigenvalue weighted by atomic mass is 16.7. The molecule has 1 aliphatic heterocycles. The maximum atomic E-state index is 10.4. The van der Waals surface area contributed by atoms with Crippen LogP contribution < -0.4 is 11.3 Å². The Balaban J connectivity index is 3.08. The van der Waals surface area contributed by atoms with E-state index in [2.05, 4.69) is 10.2 Å². The summed E-state index contributed by atoms with van der Waals surface area (Å²) in [6.45, 7) is 0. The van der Waals surface area contributed by atoms with Crippen LogP contribution >= 0.6 is 0 Å². The first kappa shape index (κ1) is 10.3. The lowest BCUT2D eigenvalue weighted by atomic mass is 10.3. The number of hydrogen-bond donors (Lipinski definition) is 3. The summed E-state index contributed by atoms with van der Waals surface area (Å²) in [4.78, 5) is 19.6. The number of nitrogens with zero attached hydrogens (tertiary/aromatic N) is 5. The predicted molar refractivity (Wildman–Crippen MR) is 45.7 cm³/mol. The van der Waals surface area contributed by atoms with Gasteiger partial charge in [-0.05, 0) is 10.5 Å². The molecule has 0 aliphatic carbocycles. The van der Waals surface area contributed by atoms with Crippen LogP contribution in [0.3, 0.4) is 0 Å². The standard InChI is InChI=1S/C3H4N8O4/c4-2(5)1-3(9(12)13)6-8-10(7-1)11(14)15/h8H,(H3,4,5). The van der Waals surface area contributed by atoms with E-state index in [1.807, 2.05) is 0 Å². The number of hydrazine groups is 2. The number of hydrazone groups is 2. The van der Waals surface area contributed by atoms with Crippen molar-refractivity contribution in [3.63, 3.8) is 0 Å². The SMILES string of the molecule is N=C(N)C1=NN([N+](=O)[O-])NN=C1[N+](=O)[O-]. The molecule has 0 saturated heterocycles. The van der Waals surface area contributed by atoms with Gasteiger partial charge in [0.2, 0.25) is 0 Å². The van der Waals surface area contributed by atoms with Crippen LogP contribution in [0.4, 0.5) is 0 Å². The maximum Gasteiger partial charge on any atom is 0.447 e. The minimum absolute atomic E-state index is 0.00370. The van der Waals surface area contributed by atoms with Crippen molar-refractivity contribution in [3.05, 3.63) is 20.2 Å². The summed E-state index contributed by atoms with van der Waals surface area (Å²) in [5.41, 5.74) is 5.94. The van der Waals surface area contributed by atoms with Crippen LogP contribution in [0.2, 0.25) is 0 Å². The third-order valence-electron chi connectivity index (χ3n) is 1.23. The van der Waals surface area contributed by atoms with Gasteiger partial charge in [-0.15, -0.1) is 0 Å². The Labute approximate surface area is 80.8 Å². The van der Waals surface area contributed by atoms with Crippen molar-refractivity contribution in [3.8, 4) is 0 Å². The lowest BCUT2D eigenvalue weighted by molar-refractivity contribution is -0.672. The van der Waals surface area contributed by atoms with Gasteiger partial charge < -0.3 is 26.0 Å². The van der Waals surface area contributed by atoms with E-state index in [-0.39, 0.29) is 5.23 Å². The van der Waals surface area contributed by atoms with Gasteiger partial charge in [0.15, 0.2) is 5.84 Å². The summed E-state index contributed by atoms with van der Waals surface area (Å²) < 4.78 is 0. The van der Waals surface area contributed by atoms with E-state index < -0.39 is 27.3 Å². The number of rotatable bonds is 2. The van der Waals surface area contributed by atoms with Crippen molar-refractivity contribution in [2.24, 2.45) is 15.9 Å². The van der Waals surface area contributed by atoms with Gasteiger partial charge in [-0.2, -0.15) is 0 Å². The van der Waals surface area contributed by atoms with Crippen molar-refractivity contribution >= 4 is 17.4 Å². The Morgan fingerprint density at radius 1 is 1.53 bits per heavy atom. The number of nitrogens with two attached hydrogens (primary N) is 1. The van der Waals surface area contributed by atoms with Crippen LogP contribution in [0.1, 0.15) is 0 Å². The molecule has 0 fully saturated rings. The van der Waals surface area contributed by atoms with Crippen molar-refractivity contribution in [1.29, 1.82) is 5.41 Å². The number of nitro groups is 2. The topological polar surface area (TPSA) is 176 Å². The average Bonchev–Trinajstić information content (AvgIpc) is 2.16.